The zero-order chi connectivity index (χ0) is 13.3. The van der Waals surface area contributed by atoms with Crippen LogP contribution in [0.3, 0.4) is 0 Å². The predicted octanol–water partition coefficient (Wildman–Crippen LogP) is 3.52. The SMILES string of the molecule is C=C(NC1CCc2ccc(C)cc2C1)C(F)(F)F. The van der Waals surface area contributed by atoms with Gasteiger partial charge in [0.15, 0.2) is 0 Å². The lowest BCUT2D eigenvalue weighted by Gasteiger charge is -2.28. The van der Waals surface area contributed by atoms with Crippen molar-refractivity contribution in [1.29, 1.82) is 0 Å². The molecule has 0 spiro atoms. The van der Waals surface area contributed by atoms with E-state index in [1.54, 1.807) is 0 Å². The van der Waals surface area contributed by atoms with Gasteiger partial charge in [-0.25, -0.2) is 0 Å². The average molecular weight is 255 g/mol. The first-order valence-electron chi connectivity index (χ1n) is 5.97. The molecule has 0 saturated heterocycles. The van der Waals surface area contributed by atoms with Crippen molar-refractivity contribution in [2.75, 3.05) is 0 Å². The van der Waals surface area contributed by atoms with Crippen LogP contribution in [0.1, 0.15) is 23.1 Å². The molecule has 0 heterocycles. The van der Waals surface area contributed by atoms with Crippen molar-refractivity contribution in [3.63, 3.8) is 0 Å². The van der Waals surface area contributed by atoms with Gasteiger partial charge < -0.3 is 5.32 Å². The summed E-state index contributed by atoms with van der Waals surface area (Å²) in [6, 6.07) is 5.99. The molecule has 1 nitrogen and oxygen atoms in total. The van der Waals surface area contributed by atoms with Crippen molar-refractivity contribution < 1.29 is 13.2 Å². The fourth-order valence-corrected chi connectivity index (χ4v) is 2.34. The van der Waals surface area contributed by atoms with Crippen molar-refractivity contribution in [2.45, 2.75) is 38.4 Å². The fraction of sp³-hybridized carbons (Fsp3) is 0.429. The van der Waals surface area contributed by atoms with Crippen molar-refractivity contribution >= 4 is 0 Å². The van der Waals surface area contributed by atoms with Gasteiger partial charge in [0, 0.05) is 6.04 Å². The molecule has 1 N–H and O–H groups in total. The van der Waals surface area contributed by atoms with E-state index in [-0.39, 0.29) is 6.04 Å². The summed E-state index contributed by atoms with van der Waals surface area (Å²) >= 11 is 0. The highest BCUT2D eigenvalue weighted by Crippen LogP contribution is 2.26. The van der Waals surface area contributed by atoms with Gasteiger partial charge in [-0.05, 0) is 37.3 Å². The third kappa shape index (κ3) is 2.86. The molecule has 1 unspecified atom stereocenters. The molecule has 0 aliphatic heterocycles. The Kier molecular flexibility index (Phi) is 3.37. The van der Waals surface area contributed by atoms with Gasteiger partial charge in [0.2, 0.25) is 0 Å². The van der Waals surface area contributed by atoms with E-state index in [2.05, 4.69) is 24.0 Å². The molecule has 0 aromatic heterocycles. The van der Waals surface area contributed by atoms with Crippen LogP contribution in [0, 0.1) is 6.92 Å². The van der Waals surface area contributed by atoms with Crippen LogP contribution in [0.2, 0.25) is 0 Å². The van der Waals surface area contributed by atoms with Crippen molar-refractivity contribution in [3.8, 4) is 0 Å². The number of fused-ring (bicyclic) bond motifs is 1. The number of alkyl halides is 3. The van der Waals surface area contributed by atoms with E-state index in [9.17, 15) is 13.2 Å². The minimum Gasteiger partial charge on any atom is -0.378 e. The van der Waals surface area contributed by atoms with Crippen LogP contribution in [-0.2, 0) is 12.8 Å². The Bertz CT molecular complexity index is 463. The highest BCUT2D eigenvalue weighted by molar-refractivity contribution is 5.34. The molecule has 1 aromatic rings. The van der Waals surface area contributed by atoms with Crippen molar-refractivity contribution in [2.24, 2.45) is 0 Å². The van der Waals surface area contributed by atoms with Crippen molar-refractivity contribution in [1.82, 2.24) is 5.32 Å². The number of benzene rings is 1. The molecule has 0 fully saturated rings. The number of rotatable bonds is 2. The Morgan fingerprint density at radius 3 is 2.72 bits per heavy atom. The molecule has 98 valence electrons. The summed E-state index contributed by atoms with van der Waals surface area (Å²) in [6.07, 6.45) is -2.19. The van der Waals surface area contributed by atoms with Gasteiger partial charge in [-0.3, -0.25) is 0 Å². The average Bonchev–Trinajstić information content (AvgIpc) is 2.27. The molecule has 1 aliphatic carbocycles. The van der Waals surface area contributed by atoms with Gasteiger partial charge in [0.25, 0.3) is 0 Å². The quantitative estimate of drug-likeness (QED) is 0.852. The van der Waals surface area contributed by atoms with Gasteiger partial charge in [-0.2, -0.15) is 13.2 Å². The van der Waals surface area contributed by atoms with Crippen LogP contribution in [0.15, 0.2) is 30.5 Å². The van der Waals surface area contributed by atoms with Gasteiger partial charge in [0.05, 0.1) is 0 Å². The third-order valence-corrected chi connectivity index (χ3v) is 3.31. The summed E-state index contributed by atoms with van der Waals surface area (Å²) in [4.78, 5) is 0. The first kappa shape index (κ1) is 13.0. The van der Waals surface area contributed by atoms with Gasteiger partial charge in [-0.1, -0.05) is 30.3 Å². The summed E-state index contributed by atoms with van der Waals surface area (Å²) in [5.41, 5.74) is 2.69. The van der Waals surface area contributed by atoms with Crippen LogP contribution in [0.25, 0.3) is 0 Å². The second-order valence-electron chi connectivity index (χ2n) is 4.83. The third-order valence-electron chi connectivity index (χ3n) is 3.31. The Morgan fingerprint density at radius 1 is 1.33 bits per heavy atom. The Balaban J connectivity index is 2.06. The lowest BCUT2D eigenvalue weighted by molar-refractivity contribution is -0.0974. The van der Waals surface area contributed by atoms with Crippen LogP contribution in [-0.4, -0.2) is 12.2 Å². The van der Waals surface area contributed by atoms with E-state index >= 15 is 0 Å². The van der Waals surface area contributed by atoms with Gasteiger partial charge >= 0.3 is 6.18 Å². The topological polar surface area (TPSA) is 12.0 Å². The van der Waals surface area contributed by atoms with E-state index in [1.807, 2.05) is 13.0 Å². The maximum Gasteiger partial charge on any atom is 0.430 e. The summed E-state index contributed by atoms with van der Waals surface area (Å²) in [5.74, 6) is 0. The summed E-state index contributed by atoms with van der Waals surface area (Å²) in [5, 5.41) is 2.50. The molecule has 2 rings (SSSR count). The van der Waals surface area contributed by atoms with Crippen LogP contribution >= 0.6 is 0 Å². The maximum atomic E-state index is 12.4. The predicted molar refractivity (Wildman–Crippen MR) is 65.3 cm³/mol. The largest absolute Gasteiger partial charge is 0.430 e. The van der Waals surface area contributed by atoms with Crippen molar-refractivity contribution in [3.05, 3.63) is 47.2 Å². The molecule has 1 aromatic carbocycles. The molecule has 0 amide bonds. The molecule has 1 aliphatic rings. The molecular weight excluding hydrogens is 239 g/mol. The van der Waals surface area contributed by atoms with E-state index < -0.39 is 11.9 Å². The number of aryl methyl sites for hydroxylation is 2. The molecule has 1 atom stereocenters. The van der Waals surface area contributed by atoms with Gasteiger partial charge in [-0.15, -0.1) is 0 Å². The number of hydrogen-bond acceptors (Lipinski definition) is 1. The fourth-order valence-electron chi connectivity index (χ4n) is 2.34. The number of hydrogen-bond donors (Lipinski definition) is 1. The first-order valence-corrected chi connectivity index (χ1v) is 5.97. The molecule has 0 saturated carbocycles. The summed E-state index contributed by atoms with van der Waals surface area (Å²) in [6.45, 7) is 5.05. The highest BCUT2D eigenvalue weighted by Gasteiger charge is 2.33. The zero-order valence-electron chi connectivity index (χ0n) is 10.3. The van der Waals surface area contributed by atoms with E-state index in [0.717, 1.165) is 17.5 Å². The summed E-state index contributed by atoms with van der Waals surface area (Å²) < 4.78 is 37.2. The smallest absolute Gasteiger partial charge is 0.378 e. The minimum atomic E-state index is -4.35. The monoisotopic (exact) mass is 255 g/mol. The highest BCUT2D eigenvalue weighted by atomic mass is 19.4. The second-order valence-corrected chi connectivity index (χ2v) is 4.83. The standard InChI is InChI=1S/C14H16F3N/c1-9-3-4-11-5-6-13(8-12(11)7-9)18-10(2)14(15,16)17/h3-4,7,13,18H,2,5-6,8H2,1H3. The zero-order valence-corrected chi connectivity index (χ0v) is 10.3. The van der Waals surface area contributed by atoms with E-state index in [0.29, 0.717) is 12.8 Å². The molecule has 18 heavy (non-hydrogen) atoms. The summed E-state index contributed by atoms with van der Waals surface area (Å²) in [7, 11) is 0. The molecule has 0 radical (unpaired) electrons. The van der Waals surface area contributed by atoms with E-state index in [1.165, 1.54) is 5.56 Å². The Hall–Kier alpha value is -1.45. The van der Waals surface area contributed by atoms with Crippen LogP contribution in [0.4, 0.5) is 13.2 Å². The first-order chi connectivity index (χ1) is 8.36. The normalized spacial score (nSPS) is 19.2. The van der Waals surface area contributed by atoms with Crippen LogP contribution in [0.5, 0.6) is 0 Å². The second kappa shape index (κ2) is 4.67. The molecular formula is C14H16F3N. The Morgan fingerprint density at radius 2 is 2.06 bits per heavy atom. The number of nitrogens with one attached hydrogen (secondary N) is 1. The minimum absolute atomic E-state index is 0.173. The van der Waals surface area contributed by atoms with Crippen LogP contribution < -0.4 is 5.32 Å². The Labute approximate surface area is 105 Å². The number of halogens is 3. The maximum absolute atomic E-state index is 12.4. The molecule has 0 bridgehead atoms. The molecule has 4 heteroatoms. The van der Waals surface area contributed by atoms with Gasteiger partial charge in [0.1, 0.15) is 5.70 Å². The lowest BCUT2D eigenvalue weighted by Crippen LogP contribution is -2.38. The van der Waals surface area contributed by atoms with E-state index in [4.69, 9.17) is 0 Å². The number of allylic oxidation sites excluding steroid dienone is 1. The lowest BCUT2D eigenvalue weighted by atomic mass is 9.87.